The first-order valence-electron chi connectivity index (χ1n) is 10.3. The van der Waals surface area contributed by atoms with E-state index < -0.39 is 28.3 Å². The molecule has 0 atom stereocenters. The summed E-state index contributed by atoms with van der Waals surface area (Å²) in [5.41, 5.74) is 2.61. The van der Waals surface area contributed by atoms with Crippen LogP contribution in [0.3, 0.4) is 0 Å². The van der Waals surface area contributed by atoms with E-state index in [9.17, 15) is 17.6 Å². The van der Waals surface area contributed by atoms with Gasteiger partial charge in [-0.1, -0.05) is 18.2 Å². The van der Waals surface area contributed by atoms with E-state index in [0.717, 1.165) is 10.5 Å². The SMILES string of the molecule is COc1ccc(N(CC(=O)N/N=C\c2ccccc2F)S(=O)(=O)c2ccc(OC)c(OC)c2)cc1. The highest BCUT2D eigenvalue weighted by molar-refractivity contribution is 7.92. The standard InChI is InChI=1S/C24H24FN3O6S/c1-32-19-10-8-18(9-11-19)28(16-24(29)27-26-15-17-6-4-5-7-21(17)25)35(30,31)20-12-13-22(33-2)23(14-20)34-3/h4-15H,16H2,1-3H3,(H,27,29)/b26-15-. The molecule has 0 aromatic heterocycles. The number of nitrogens with one attached hydrogen (secondary N) is 1. The molecule has 9 nitrogen and oxygen atoms in total. The first kappa shape index (κ1) is 25.5. The quantitative estimate of drug-likeness (QED) is 0.338. The number of carbonyl (C=O) groups excluding carboxylic acids is 1. The van der Waals surface area contributed by atoms with Crippen LogP contribution in [0.5, 0.6) is 17.2 Å². The van der Waals surface area contributed by atoms with E-state index in [4.69, 9.17) is 14.2 Å². The molecule has 35 heavy (non-hydrogen) atoms. The minimum atomic E-state index is -4.23. The third-order valence-corrected chi connectivity index (χ3v) is 6.66. The third kappa shape index (κ3) is 6.07. The molecule has 0 aliphatic carbocycles. The van der Waals surface area contributed by atoms with Crippen molar-refractivity contribution in [1.29, 1.82) is 0 Å². The fraction of sp³-hybridized carbons (Fsp3) is 0.167. The predicted octanol–water partition coefficient (Wildman–Crippen LogP) is 3.20. The van der Waals surface area contributed by atoms with Gasteiger partial charge in [0.25, 0.3) is 15.9 Å². The molecule has 0 saturated heterocycles. The molecule has 3 aromatic carbocycles. The van der Waals surface area contributed by atoms with Crippen LogP contribution in [-0.2, 0) is 14.8 Å². The van der Waals surface area contributed by atoms with Crippen LogP contribution in [0.2, 0.25) is 0 Å². The summed E-state index contributed by atoms with van der Waals surface area (Å²) >= 11 is 0. The minimum absolute atomic E-state index is 0.117. The van der Waals surface area contributed by atoms with Gasteiger partial charge >= 0.3 is 0 Å². The molecular weight excluding hydrogens is 477 g/mol. The summed E-state index contributed by atoms with van der Waals surface area (Å²) in [6.07, 6.45) is 1.13. The number of hydrogen-bond donors (Lipinski definition) is 1. The number of amides is 1. The first-order chi connectivity index (χ1) is 16.8. The summed E-state index contributed by atoms with van der Waals surface area (Å²) in [7, 11) is 0.0722. The van der Waals surface area contributed by atoms with Crippen LogP contribution in [0, 0.1) is 5.82 Å². The number of halogens is 1. The van der Waals surface area contributed by atoms with E-state index in [1.54, 1.807) is 18.2 Å². The van der Waals surface area contributed by atoms with Crippen molar-refractivity contribution in [2.45, 2.75) is 4.90 Å². The molecule has 0 radical (unpaired) electrons. The number of rotatable bonds is 10. The monoisotopic (exact) mass is 501 g/mol. The topological polar surface area (TPSA) is 107 Å². The first-order valence-corrected chi connectivity index (χ1v) is 11.7. The smallest absolute Gasteiger partial charge is 0.264 e. The molecule has 0 fully saturated rings. The van der Waals surface area contributed by atoms with Crippen molar-refractivity contribution in [3.63, 3.8) is 0 Å². The number of hydrazone groups is 1. The molecule has 11 heteroatoms. The molecule has 0 unspecified atom stereocenters. The fourth-order valence-corrected chi connectivity index (χ4v) is 4.52. The van der Waals surface area contributed by atoms with Crippen LogP contribution in [0.4, 0.5) is 10.1 Å². The Morgan fingerprint density at radius 1 is 0.971 bits per heavy atom. The average molecular weight is 502 g/mol. The van der Waals surface area contributed by atoms with E-state index in [1.807, 2.05) is 0 Å². The Morgan fingerprint density at radius 3 is 2.29 bits per heavy atom. The second kappa shape index (κ2) is 11.3. The second-order valence-corrected chi connectivity index (χ2v) is 8.90. The summed E-state index contributed by atoms with van der Waals surface area (Å²) in [5, 5.41) is 3.74. The maximum Gasteiger partial charge on any atom is 0.264 e. The molecular formula is C24H24FN3O6S. The summed E-state index contributed by atoms with van der Waals surface area (Å²) in [6.45, 7) is -0.600. The summed E-state index contributed by atoms with van der Waals surface area (Å²) in [5.74, 6) is -0.181. The molecule has 3 rings (SSSR count). The van der Waals surface area contributed by atoms with Crippen molar-refractivity contribution >= 4 is 27.8 Å². The maximum atomic E-state index is 13.7. The molecule has 1 amide bonds. The fourth-order valence-electron chi connectivity index (χ4n) is 3.09. The van der Waals surface area contributed by atoms with Crippen molar-refractivity contribution in [3.05, 3.63) is 78.1 Å². The van der Waals surface area contributed by atoms with Crippen LogP contribution in [0.15, 0.2) is 76.7 Å². The Hall–Kier alpha value is -4.12. The van der Waals surface area contributed by atoms with Gasteiger partial charge in [-0.3, -0.25) is 9.10 Å². The van der Waals surface area contributed by atoms with E-state index in [0.29, 0.717) is 11.5 Å². The third-order valence-electron chi connectivity index (χ3n) is 4.89. The lowest BCUT2D eigenvalue weighted by molar-refractivity contribution is -0.119. The van der Waals surface area contributed by atoms with E-state index in [2.05, 4.69) is 10.5 Å². The lowest BCUT2D eigenvalue weighted by Gasteiger charge is -2.24. The lowest BCUT2D eigenvalue weighted by atomic mass is 10.2. The summed E-state index contributed by atoms with van der Waals surface area (Å²) in [4.78, 5) is 12.5. The number of anilines is 1. The van der Waals surface area contributed by atoms with Crippen LogP contribution < -0.4 is 23.9 Å². The molecule has 184 valence electrons. The van der Waals surface area contributed by atoms with Gasteiger partial charge in [0.2, 0.25) is 0 Å². The molecule has 1 N–H and O–H groups in total. The number of methoxy groups -OCH3 is 3. The number of hydrogen-bond acceptors (Lipinski definition) is 7. The van der Waals surface area contributed by atoms with Crippen molar-refractivity contribution in [1.82, 2.24) is 5.43 Å². The largest absolute Gasteiger partial charge is 0.497 e. The Kier molecular flexibility index (Phi) is 8.26. The van der Waals surface area contributed by atoms with E-state index in [-0.39, 0.29) is 21.9 Å². The highest BCUT2D eigenvalue weighted by Gasteiger charge is 2.28. The van der Waals surface area contributed by atoms with Gasteiger partial charge in [0.15, 0.2) is 11.5 Å². The Balaban J connectivity index is 1.91. The maximum absolute atomic E-state index is 13.7. The molecule has 0 spiro atoms. The Labute approximate surface area is 202 Å². The molecule has 0 heterocycles. The molecule has 0 aliphatic rings. The number of ether oxygens (including phenoxy) is 3. The van der Waals surface area contributed by atoms with Crippen LogP contribution in [-0.4, -0.2) is 48.4 Å². The summed E-state index contributed by atoms with van der Waals surface area (Å²) in [6, 6.07) is 16.1. The Bertz CT molecular complexity index is 1310. The number of benzene rings is 3. The summed E-state index contributed by atoms with van der Waals surface area (Å²) < 4.78 is 57.3. The number of nitrogens with zero attached hydrogens (tertiary/aromatic N) is 2. The molecule has 0 bridgehead atoms. The van der Waals surface area contributed by atoms with Gasteiger partial charge in [-0.15, -0.1) is 0 Å². The van der Waals surface area contributed by atoms with Crippen molar-refractivity contribution in [3.8, 4) is 17.2 Å². The van der Waals surface area contributed by atoms with Crippen molar-refractivity contribution in [2.24, 2.45) is 5.10 Å². The second-order valence-electron chi connectivity index (χ2n) is 7.04. The van der Waals surface area contributed by atoms with E-state index >= 15 is 0 Å². The van der Waals surface area contributed by atoms with Gasteiger partial charge < -0.3 is 14.2 Å². The normalized spacial score (nSPS) is 11.2. The van der Waals surface area contributed by atoms with Gasteiger partial charge in [-0.2, -0.15) is 5.10 Å². The Morgan fingerprint density at radius 2 is 1.66 bits per heavy atom. The van der Waals surface area contributed by atoms with Crippen molar-refractivity contribution in [2.75, 3.05) is 32.2 Å². The lowest BCUT2D eigenvalue weighted by Crippen LogP contribution is -2.39. The molecule has 3 aromatic rings. The van der Waals surface area contributed by atoms with Crippen LogP contribution in [0.25, 0.3) is 0 Å². The number of sulfonamides is 1. The highest BCUT2D eigenvalue weighted by Crippen LogP contribution is 2.32. The van der Waals surface area contributed by atoms with Gasteiger partial charge in [0.1, 0.15) is 18.1 Å². The highest BCUT2D eigenvalue weighted by atomic mass is 32.2. The van der Waals surface area contributed by atoms with Gasteiger partial charge in [-0.25, -0.2) is 18.2 Å². The number of carbonyl (C=O) groups is 1. The van der Waals surface area contributed by atoms with Crippen LogP contribution >= 0.6 is 0 Å². The molecule has 0 saturated carbocycles. The van der Waals surface area contributed by atoms with Gasteiger partial charge in [0, 0.05) is 11.6 Å². The van der Waals surface area contributed by atoms with Crippen LogP contribution in [0.1, 0.15) is 5.56 Å². The zero-order valence-corrected chi connectivity index (χ0v) is 20.1. The predicted molar refractivity (Wildman–Crippen MR) is 129 cm³/mol. The van der Waals surface area contributed by atoms with Gasteiger partial charge in [-0.05, 0) is 42.5 Å². The average Bonchev–Trinajstić information content (AvgIpc) is 2.88. The van der Waals surface area contributed by atoms with Gasteiger partial charge in [0.05, 0.1) is 38.1 Å². The van der Waals surface area contributed by atoms with Crippen molar-refractivity contribution < 1.29 is 31.8 Å². The molecule has 0 aliphatic heterocycles. The van der Waals surface area contributed by atoms with E-state index in [1.165, 1.54) is 69.9 Å². The zero-order chi connectivity index (χ0) is 25.4. The zero-order valence-electron chi connectivity index (χ0n) is 19.3. The minimum Gasteiger partial charge on any atom is -0.497 e.